The Labute approximate surface area is 109 Å². The maximum atomic E-state index is 11.8. The Morgan fingerprint density at radius 1 is 1.11 bits per heavy atom. The second kappa shape index (κ2) is 4.35. The molecule has 90 valence electrons. The van der Waals surface area contributed by atoms with Crippen LogP contribution in [0.5, 0.6) is 11.5 Å². The number of ketones is 1. The number of hydrogen-bond donors (Lipinski definition) is 1. The van der Waals surface area contributed by atoms with Crippen molar-refractivity contribution in [2.45, 2.75) is 0 Å². The Morgan fingerprint density at radius 3 is 2.72 bits per heavy atom. The van der Waals surface area contributed by atoms with E-state index in [0.717, 1.165) is 11.4 Å². The summed E-state index contributed by atoms with van der Waals surface area (Å²) in [6.45, 7) is 0. The number of rotatable bonds is 2. The summed E-state index contributed by atoms with van der Waals surface area (Å²) < 4.78 is 5.75. The van der Waals surface area contributed by atoms with Crippen LogP contribution in [0.15, 0.2) is 42.5 Å². The SMILES string of the molecule is O=C(CCl)c1cccc2c1Nc1ccccc1O2. The second-order valence-electron chi connectivity index (χ2n) is 3.96. The second-order valence-corrected chi connectivity index (χ2v) is 4.23. The molecule has 2 aromatic carbocycles. The molecule has 18 heavy (non-hydrogen) atoms. The molecule has 0 radical (unpaired) electrons. The number of ether oxygens (including phenoxy) is 1. The first-order chi connectivity index (χ1) is 8.79. The van der Waals surface area contributed by atoms with Crippen molar-refractivity contribution in [1.29, 1.82) is 0 Å². The fraction of sp³-hybridized carbons (Fsp3) is 0.0714. The zero-order valence-corrected chi connectivity index (χ0v) is 10.2. The van der Waals surface area contributed by atoms with Crippen molar-refractivity contribution in [2.24, 2.45) is 0 Å². The van der Waals surface area contributed by atoms with Gasteiger partial charge in [0.25, 0.3) is 0 Å². The van der Waals surface area contributed by atoms with Gasteiger partial charge in [0.1, 0.15) is 0 Å². The van der Waals surface area contributed by atoms with E-state index in [0.29, 0.717) is 17.0 Å². The molecule has 0 amide bonds. The molecule has 0 bridgehead atoms. The molecule has 0 aliphatic carbocycles. The minimum atomic E-state index is -0.121. The van der Waals surface area contributed by atoms with E-state index in [1.165, 1.54) is 0 Å². The summed E-state index contributed by atoms with van der Waals surface area (Å²) in [5.41, 5.74) is 2.08. The predicted molar refractivity (Wildman–Crippen MR) is 71.3 cm³/mol. The largest absolute Gasteiger partial charge is 0.453 e. The highest BCUT2D eigenvalue weighted by molar-refractivity contribution is 6.31. The molecule has 0 fully saturated rings. The highest BCUT2D eigenvalue weighted by atomic mass is 35.5. The molecule has 1 heterocycles. The number of anilines is 2. The van der Waals surface area contributed by atoms with Crippen LogP contribution in [0.25, 0.3) is 0 Å². The topological polar surface area (TPSA) is 38.3 Å². The summed E-state index contributed by atoms with van der Waals surface area (Å²) in [5.74, 6) is 1.23. The lowest BCUT2D eigenvalue weighted by Gasteiger charge is -2.23. The molecular formula is C14H10ClNO2. The first kappa shape index (κ1) is 11.1. The van der Waals surface area contributed by atoms with Crippen LogP contribution in [-0.4, -0.2) is 11.7 Å². The minimum Gasteiger partial charge on any atom is -0.453 e. The van der Waals surface area contributed by atoms with Crippen LogP contribution in [0.1, 0.15) is 10.4 Å². The lowest BCUT2D eigenvalue weighted by Crippen LogP contribution is -2.09. The number of carbonyl (C=O) groups excluding carboxylic acids is 1. The van der Waals surface area contributed by atoms with Crippen molar-refractivity contribution in [2.75, 3.05) is 11.2 Å². The Hall–Kier alpha value is -2.00. The van der Waals surface area contributed by atoms with Crippen molar-refractivity contribution in [3.63, 3.8) is 0 Å². The third-order valence-corrected chi connectivity index (χ3v) is 3.06. The van der Waals surface area contributed by atoms with E-state index in [9.17, 15) is 4.79 Å². The van der Waals surface area contributed by atoms with Crippen LogP contribution in [-0.2, 0) is 0 Å². The summed E-state index contributed by atoms with van der Waals surface area (Å²) in [6.07, 6.45) is 0. The third-order valence-electron chi connectivity index (χ3n) is 2.81. The van der Waals surface area contributed by atoms with E-state index in [4.69, 9.17) is 16.3 Å². The average molecular weight is 260 g/mol. The van der Waals surface area contributed by atoms with Crippen LogP contribution in [0.3, 0.4) is 0 Å². The molecule has 3 nitrogen and oxygen atoms in total. The Morgan fingerprint density at radius 2 is 1.89 bits per heavy atom. The number of Topliss-reactive ketones (excluding diaryl/α,β-unsaturated/α-hetero) is 1. The fourth-order valence-electron chi connectivity index (χ4n) is 1.96. The zero-order chi connectivity index (χ0) is 12.5. The highest BCUT2D eigenvalue weighted by Gasteiger charge is 2.21. The molecule has 0 aromatic heterocycles. The van der Waals surface area contributed by atoms with Gasteiger partial charge in [0, 0.05) is 5.56 Å². The van der Waals surface area contributed by atoms with Gasteiger partial charge in [-0.1, -0.05) is 18.2 Å². The van der Waals surface area contributed by atoms with E-state index in [2.05, 4.69) is 5.32 Å². The molecular weight excluding hydrogens is 250 g/mol. The summed E-state index contributed by atoms with van der Waals surface area (Å²) in [7, 11) is 0. The molecule has 0 spiro atoms. The van der Waals surface area contributed by atoms with Gasteiger partial charge in [-0.15, -0.1) is 11.6 Å². The first-order valence-electron chi connectivity index (χ1n) is 5.55. The lowest BCUT2D eigenvalue weighted by molar-refractivity contribution is 0.102. The van der Waals surface area contributed by atoms with Crippen molar-refractivity contribution < 1.29 is 9.53 Å². The molecule has 4 heteroatoms. The smallest absolute Gasteiger partial charge is 0.179 e. The van der Waals surface area contributed by atoms with E-state index >= 15 is 0 Å². The number of benzene rings is 2. The van der Waals surface area contributed by atoms with Crippen LogP contribution >= 0.6 is 11.6 Å². The number of carbonyl (C=O) groups is 1. The Bertz CT molecular complexity index is 625. The predicted octanol–water partition coefficient (Wildman–Crippen LogP) is 3.96. The number of halogens is 1. The quantitative estimate of drug-likeness (QED) is 0.559. The van der Waals surface area contributed by atoms with Gasteiger partial charge in [-0.05, 0) is 24.3 Å². The highest BCUT2D eigenvalue weighted by Crippen LogP contribution is 2.43. The van der Waals surface area contributed by atoms with Gasteiger partial charge in [-0.25, -0.2) is 0 Å². The van der Waals surface area contributed by atoms with Gasteiger partial charge in [-0.3, -0.25) is 4.79 Å². The third kappa shape index (κ3) is 1.73. The van der Waals surface area contributed by atoms with Crippen LogP contribution in [0.4, 0.5) is 11.4 Å². The summed E-state index contributed by atoms with van der Waals surface area (Å²) in [4.78, 5) is 11.8. The van der Waals surface area contributed by atoms with Crippen molar-refractivity contribution in [3.05, 3.63) is 48.0 Å². The number of fused-ring (bicyclic) bond motifs is 2. The van der Waals surface area contributed by atoms with E-state index in [-0.39, 0.29) is 11.7 Å². The van der Waals surface area contributed by atoms with Crippen LogP contribution < -0.4 is 10.1 Å². The standard InChI is InChI=1S/C14H10ClNO2/c15-8-11(17)9-4-3-7-13-14(9)16-10-5-1-2-6-12(10)18-13/h1-7,16H,8H2. The molecule has 1 N–H and O–H groups in total. The molecule has 2 aromatic rings. The Balaban J connectivity index is 2.10. The maximum Gasteiger partial charge on any atom is 0.179 e. The monoisotopic (exact) mass is 259 g/mol. The van der Waals surface area contributed by atoms with Gasteiger partial charge >= 0.3 is 0 Å². The lowest BCUT2D eigenvalue weighted by atomic mass is 10.1. The molecule has 0 unspecified atom stereocenters. The maximum absolute atomic E-state index is 11.8. The minimum absolute atomic E-state index is 0.0419. The van der Waals surface area contributed by atoms with E-state index < -0.39 is 0 Å². The van der Waals surface area contributed by atoms with Crippen molar-refractivity contribution in [1.82, 2.24) is 0 Å². The number of alkyl halides is 1. The average Bonchev–Trinajstić information content (AvgIpc) is 2.43. The normalized spacial score (nSPS) is 11.8. The van der Waals surface area contributed by atoms with Crippen molar-refractivity contribution in [3.8, 4) is 11.5 Å². The van der Waals surface area contributed by atoms with Crippen LogP contribution in [0, 0.1) is 0 Å². The first-order valence-corrected chi connectivity index (χ1v) is 6.09. The molecule has 1 aliphatic rings. The van der Waals surface area contributed by atoms with E-state index in [1.807, 2.05) is 30.3 Å². The Kier molecular flexibility index (Phi) is 2.68. The van der Waals surface area contributed by atoms with Gasteiger partial charge in [0.2, 0.25) is 0 Å². The van der Waals surface area contributed by atoms with Crippen LogP contribution in [0.2, 0.25) is 0 Å². The molecule has 0 saturated carbocycles. The molecule has 0 saturated heterocycles. The molecule has 0 atom stereocenters. The molecule has 1 aliphatic heterocycles. The molecule has 3 rings (SSSR count). The number of para-hydroxylation sites is 3. The van der Waals surface area contributed by atoms with Gasteiger partial charge in [0.15, 0.2) is 17.3 Å². The van der Waals surface area contributed by atoms with Gasteiger partial charge in [-0.2, -0.15) is 0 Å². The zero-order valence-electron chi connectivity index (χ0n) is 9.44. The van der Waals surface area contributed by atoms with E-state index in [1.54, 1.807) is 12.1 Å². The summed E-state index contributed by atoms with van der Waals surface area (Å²) in [6, 6.07) is 12.9. The summed E-state index contributed by atoms with van der Waals surface area (Å²) >= 11 is 5.61. The number of nitrogens with one attached hydrogen (secondary N) is 1. The van der Waals surface area contributed by atoms with Gasteiger partial charge in [0.05, 0.1) is 17.3 Å². The summed E-state index contributed by atoms with van der Waals surface area (Å²) in [5, 5.41) is 3.22. The fourth-order valence-corrected chi connectivity index (χ4v) is 2.11. The van der Waals surface area contributed by atoms with Crippen molar-refractivity contribution >= 4 is 28.8 Å². The number of hydrogen-bond acceptors (Lipinski definition) is 3. The van der Waals surface area contributed by atoms with Gasteiger partial charge < -0.3 is 10.1 Å².